The van der Waals surface area contributed by atoms with Crippen LogP contribution >= 0.6 is 0 Å². The highest BCUT2D eigenvalue weighted by atomic mass is 16.3. The number of aliphatic hydroxyl groups excluding tert-OH is 1. The second-order valence-electron chi connectivity index (χ2n) is 6.86. The molecule has 1 N–H and O–H groups in total. The highest BCUT2D eigenvalue weighted by Gasteiger charge is 2.46. The second-order valence-corrected chi connectivity index (χ2v) is 6.86. The van der Waals surface area contributed by atoms with Gasteiger partial charge in [-0.25, -0.2) is 0 Å². The van der Waals surface area contributed by atoms with E-state index in [9.17, 15) is 9.90 Å². The first kappa shape index (κ1) is 15.2. The normalized spacial score (nSPS) is 36.2. The van der Waals surface area contributed by atoms with E-state index >= 15 is 0 Å². The van der Waals surface area contributed by atoms with Gasteiger partial charge in [-0.15, -0.1) is 0 Å². The molecule has 0 heterocycles. The Morgan fingerprint density at radius 2 is 2.20 bits per heavy atom. The van der Waals surface area contributed by atoms with Crippen LogP contribution in [0, 0.1) is 10.8 Å². The first-order chi connectivity index (χ1) is 9.29. The molecule has 0 saturated heterocycles. The summed E-state index contributed by atoms with van der Waals surface area (Å²) in [5.74, 6) is 0.142. The van der Waals surface area contributed by atoms with Crippen LogP contribution in [0.1, 0.15) is 52.9 Å². The van der Waals surface area contributed by atoms with Gasteiger partial charge in [0.25, 0.3) is 0 Å². The average molecular weight is 274 g/mol. The smallest absolute Gasteiger partial charge is 0.158 e. The topological polar surface area (TPSA) is 37.3 Å². The van der Waals surface area contributed by atoms with Gasteiger partial charge in [0, 0.05) is 17.3 Å². The number of ketones is 1. The molecule has 0 fully saturated rings. The minimum Gasteiger partial charge on any atom is -0.392 e. The first-order valence-corrected chi connectivity index (χ1v) is 7.55. The van der Waals surface area contributed by atoms with Crippen molar-refractivity contribution >= 4 is 5.78 Å². The summed E-state index contributed by atoms with van der Waals surface area (Å²) in [6, 6.07) is 0. The van der Waals surface area contributed by atoms with Gasteiger partial charge in [0.2, 0.25) is 0 Å². The van der Waals surface area contributed by atoms with Gasteiger partial charge in [-0.05, 0) is 38.2 Å². The van der Waals surface area contributed by atoms with Crippen molar-refractivity contribution in [2.75, 3.05) is 0 Å². The largest absolute Gasteiger partial charge is 0.392 e. The molecule has 0 amide bonds. The van der Waals surface area contributed by atoms with Gasteiger partial charge in [0.1, 0.15) is 0 Å². The van der Waals surface area contributed by atoms with Crippen LogP contribution in [0.15, 0.2) is 36.0 Å². The van der Waals surface area contributed by atoms with Crippen LogP contribution in [-0.2, 0) is 4.79 Å². The molecule has 0 radical (unpaired) electrons. The lowest BCUT2D eigenvalue weighted by Gasteiger charge is -2.49. The van der Waals surface area contributed by atoms with Gasteiger partial charge in [-0.2, -0.15) is 0 Å². The standard InChI is InChI=1S/C18H26O2/c1-13(2)14(19)9-12-17(3)10-6-11-18(4)15(17)7-5-8-16(18)20/h6-7,10,16,20H,1,5,8-9,11-12H2,2-4H3/t16-,17?,18?/m1/s1. The third-order valence-electron chi connectivity index (χ3n) is 5.13. The van der Waals surface area contributed by atoms with Gasteiger partial charge >= 0.3 is 0 Å². The van der Waals surface area contributed by atoms with E-state index in [2.05, 4.69) is 38.7 Å². The van der Waals surface area contributed by atoms with Crippen LogP contribution < -0.4 is 0 Å². The molecule has 2 aliphatic carbocycles. The highest BCUT2D eigenvalue weighted by molar-refractivity contribution is 5.94. The Balaban J connectivity index is 2.24. The zero-order valence-corrected chi connectivity index (χ0v) is 12.9. The van der Waals surface area contributed by atoms with E-state index < -0.39 is 0 Å². The minimum absolute atomic E-state index is 0.112. The third-order valence-corrected chi connectivity index (χ3v) is 5.13. The van der Waals surface area contributed by atoms with Crippen LogP contribution in [0.5, 0.6) is 0 Å². The quantitative estimate of drug-likeness (QED) is 0.622. The summed E-state index contributed by atoms with van der Waals surface area (Å²) in [5.41, 5.74) is 1.68. The molecule has 0 spiro atoms. The second kappa shape index (κ2) is 5.33. The molecule has 2 nitrogen and oxygen atoms in total. The van der Waals surface area contributed by atoms with E-state index in [-0.39, 0.29) is 22.7 Å². The Hall–Kier alpha value is -1.15. The monoisotopic (exact) mass is 274 g/mol. The van der Waals surface area contributed by atoms with Crippen molar-refractivity contribution in [3.05, 3.63) is 36.0 Å². The van der Waals surface area contributed by atoms with Crippen molar-refractivity contribution in [2.45, 2.75) is 59.0 Å². The Bertz CT molecular complexity index is 486. The molecular weight excluding hydrogens is 248 g/mol. The maximum Gasteiger partial charge on any atom is 0.158 e. The van der Waals surface area contributed by atoms with Gasteiger partial charge in [-0.3, -0.25) is 4.79 Å². The minimum atomic E-state index is -0.274. The number of carbonyl (C=O) groups excluding carboxylic acids is 1. The zero-order valence-electron chi connectivity index (χ0n) is 12.9. The Labute approximate surface area is 122 Å². The molecule has 3 atom stereocenters. The van der Waals surface area contributed by atoms with E-state index in [1.807, 2.05) is 0 Å². The summed E-state index contributed by atoms with van der Waals surface area (Å²) in [7, 11) is 0. The number of rotatable bonds is 4. The molecule has 2 unspecified atom stereocenters. The summed E-state index contributed by atoms with van der Waals surface area (Å²) in [6.45, 7) is 9.85. The summed E-state index contributed by atoms with van der Waals surface area (Å²) < 4.78 is 0. The van der Waals surface area contributed by atoms with E-state index in [1.165, 1.54) is 5.57 Å². The SMILES string of the molecule is C=C(C)C(=O)CCC1(C)C=CCC2(C)C1=CCC[C@H]2O. The van der Waals surface area contributed by atoms with E-state index in [0.717, 1.165) is 25.7 Å². The van der Waals surface area contributed by atoms with Crippen LogP contribution in [-0.4, -0.2) is 17.0 Å². The van der Waals surface area contributed by atoms with Crippen molar-refractivity contribution in [2.24, 2.45) is 10.8 Å². The number of Topliss-reactive ketones (excluding diaryl/α,β-unsaturated/α-hetero) is 1. The number of allylic oxidation sites excluding steroid dienone is 4. The van der Waals surface area contributed by atoms with Crippen molar-refractivity contribution in [3.63, 3.8) is 0 Å². The maximum absolute atomic E-state index is 11.8. The van der Waals surface area contributed by atoms with Crippen LogP contribution in [0.25, 0.3) is 0 Å². The molecular formula is C18H26O2. The Morgan fingerprint density at radius 1 is 1.50 bits per heavy atom. The molecule has 0 aromatic heterocycles. The molecule has 0 aromatic rings. The predicted molar refractivity (Wildman–Crippen MR) is 82.3 cm³/mol. The predicted octanol–water partition coefficient (Wildman–Crippen LogP) is 3.97. The fourth-order valence-corrected chi connectivity index (χ4v) is 3.71. The van der Waals surface area contributed by atoms with Crippen molar-refractivity contribution in [3.8, 4) is 0 Å². The van der Waals surface area contributed by atoms with Crippen molar-refractivity contribution in [1.82, 2.24) is 0 Å². The van der Waals surface area contributed by atoms with Crippen molar-refractivity contribution < 1.29 is 9.90 Å². The zero-order chi connectivity index (χ0) is 15.0. The Morgan fingerprint density at radius 3 is 2.85 bits per heavy atom. The van der Waals surface area contributed by atoms with E-state index in [4.69, 9.17) is 0 Å². The number of hydrogen-bond donors (Lipinski definition) is 1. The fourth-order valence-electron chi connectivity index (χ4n) is 3.71. The number of carbonyl (C=O) groups is 1. The molecule has 110 valence electrons. The van der Waals surface area contributed by atoms with Gasteiger partial charge in [0.15, 0.2) is 5.78 Å². The van der Waals surface area contributed by atoms with Gasteiger partial charge in [0.05, 0.1) is 6.10 Å². The third kappa shape index (κ3) is 2.54. The van der Waals surface area contributed by atoms with Crippen LogP contribution in [0.4, 0.5) is 0 Å². The molecule has 20 heavy (non-hydrogen) atoms. The lowest BCUT2D eigenvalue weighted by Crippen LogP contribution is -2.43. The molecule has 2 heteroatoms. The molecule has 2 aliphatic rings. The van der Waals surface area contributed by atoms with Gasteiger partial charge < -0.3 is 5.11 Å². The average Bonchev–Trinajstić information content (AvgIpc) is 2.38. The summed E-state index contributed by atoms with van der Waals surface area (Å²) in [4.78, 5) is 11.8. The molecule has 0 aromatic carbocycles. The maximum atomic E-state index is 11.8. The van der Waals surface area contributed by atoms with Crippen molar-refractivity contribution in [1.29, 1.82) is 0 Å². The van der Waals surface area contributed by atoms with Crippen LogP contribution in [0.3, 0.4) is 0 Å². The lowest BCUT2D eigenvalue weighted by atomic mass is 9.57. The van der Waals surface area contributed by atoms with E-state index in [0.29, 0.717) is 12.0 Å². The molecule has 0 aliphatic heterocycles. The van der Waals surface area contributed by atoms with Gasteiger partial charge in [-0.1, -0.05) is 44.2 Å². The van der Waals surface area contributed by atoms with Crippen LogP contribution in [0.2, 0.25) is 0 Å². The number of fused-ring (bicyclic) bond motifs is 1. The number of hydrogen-bond acceptors (Lipinski definition) is 2. The molecule has 0 bridgehead atoms. The molecule has 2 rings (SSSR count). The lowest BCUT2D eigenvalue weighted by molar-refractivity contribution is -0.115. The summed E-state index contributed by atoms with van der Waals surface area (Å²) in [6.07, 6.45) is 10.4. The fraction of sp³-hybridized carbons (Fsp3) is 0.611. The summed E-state index contributed by atoms with van der Waals surface area (Å²) in [5, 5.41) is 10.4. The summed E-state index contributed by atoms with van der Waals surface area (Å²) >= 11 is 0. The molecule has 0 saturated carbocycles. The number of aliphatic hydroxyl groups is 1. The van der Waals surface area contributed by atoms with E-state index in [1.54, 1.807) is 6.92 Å². The Kier molecular flexibility index (Phi) is 4.06. The first-order valence-electron chi connectivity index (χ1n) is 7.55. The highest BCUT2D eigenvalue weighted by Crippen LogP contribution is 2.54.